The highest BCUT2D eigenvalue weighted by Gasteiger charge is 2.35. The molecule has 0 atom stereocenters. The number of carboxylic acid groups (broad SMARTS) is 1. The highest BCUT2D eigenvalue weighted by molar-refractivity contribution is 6.09. The molecule has 0 aliphatic heterocycles. The summed E-state index contributed by atoms with van der Waals surface area (Å²) in [6.45, 7) is 3.58. The molecule has 0 saturated heterocycles. The number of carbonyl (C=O) groups excluding carboxylic acids is 2. The van der Waals surface area contributed by atoms with E-state index in [0.29, 0.717) is 18.5 Å². The molecule has 144 valence electrons. The van der Waals surface area contributed by atoms with Crippen molar-refractivity contribution in [1.82, 2.24) is 5.32 Å². The molecular weight excluding hydrogens is 348 g/mol. The minimum absolute atomic E-state index is 0.0122. The van der Waals surface area contributed by atoms with E-state index in [1.54, 1.807) is 57.3 Å². The van der Waals surface area contributed by atoms with Crippen molar-refractivity contribution in [2.24, 2.45) is 5.41 Å². The van der Waals surface area contributed by atoms with E-state index in [2.05, 4.69) is 5.32 Å². The first-order valence-corrected chi connectivity index (χ1v) is 8.78. The number of para-hydroxylation sites is 1. The second-order valence-corrected chi connectivity index (χ2v) is 6.33. The van der Waals surface area contributed by atoms with Gasteiger partial charge in [0, 0.05) is 13.6 Å². The monoisotopic (exact) mass is 372 g/mol. The number of hydrogen-bond donors (Lipinski definition) is 2. The molecule has 1 aromatic heterocycles. The number of anilines is 1. The summed E-state index contributed by atoms with van der Waals surface area (Å²) in [4.78, 5) is 38.2. The molecule has 0 radical (unpaired) electrons. The highest BCUT2D eigenvalue weighted by Crippen LogP contribution is 2.27. The van der Waals surface area contributed by atoms with Crippen molar-refractivity contribution in [2.75, 3.05) is 18.5 Å². The Morgan fingerprint density at radius 3 is 2.33 bits per heavy atom. The normalized spacial score (nSPS) is 11.1. The first-order valence-electron chi connectivity index (χ1n) is 8.78. The van der Waals surface area contributed by atoms with E-state index in [0.717, 1.165) is 0 Å². The van der Waals surface area contributed by atoms with Gasteiger partial charge in [-0.05, 0) is 37.1 Å². The Morgan fingerprint density at radius 2 is 1.78 bits per heavy atom. The highest BCUT2D eigenvalue weighted by atomic mass is 16.4. The van der Waals surface area contributed by atoms with Crippen LogP contribution in [0, 0.1) is 5.41 Å². The Morgan fingerprint density at radius 1 is 1.11 bits per heavy atom. The average molecular weight is 372 g/mol. The zero-order valence-corrected chi connectivity index (χ0v) is 15.7. The van der Waals surface area contributed by atoms with Crippen molar-refractivity contribution in [3.05, 3.63) is 54.0 Å². The second kappa shape index (κ2) is 8.53. The van der Waals surface area contributed by atoms with Gasteiger partial charge in [0.2, 0.25) is 0 Å². The van der Waals surface area contributed by atoms with Gasteiger partial charge in [0.05, 0.1) is 22.9 Å². The topological polar surface area (TPSA) is 99.9 Å². The van der Waals surface area contributed by atoms with E-state index in [9.17, 15) is 19.5 Å². The first kappa shape index (κ1) is 20.2. The molecule has 0 spiro atoms. The van der Waals surface area contributed by atoms with Gasteiger partial charge in [0.15, 0.2) is 5.76 Å². The van der Waals surface area contributed by atoms with Crippen molar-refractivity contribution in [3.63, 3.8) is 0 Å². The van der Waals surface area contributed by atoms with E-state index in [1.807, 2.05) is 0 Å². The molecule has 0 fully saturated rings. The van der Waals surface area contributed by atoms with Crippen LogP contribution in [0.2, 0.25) is 0 Å². The van der Waals surface area contributed by atoms with Gasteiger partial charge in [-0.3, -0.25) is 14.4 Å². The van der Waals surface area contributed by atoms with Crippen LogP contribution in [0.5, 0.6) is 0 Å². The third kappa shape index (κ3) is 4.19. The predicted molar refractivity (Wildman–Crippen MR) is 101 cm³/mol. The molecule has 0 aliphatic rings. The number of amides is 2. The summed E-state index contributed by atoms with van der Waals surface area (Å²) in [6.07, 6.45) is 2.20. The number of carbonyl (C=O) groups is 3. The molecule has 2 N–H and O–H groups in total. The Labute approximate surface area is 158 Å². The van der Waals surface area contributed by atoms with Crippen LogP contribution in [0.1, 0.15) is 47.6 Å². The standard InChI is InChI=1S/C20H24N2O5/c1-4-20(5-2,19(25)26)13-21-17(23)14-9-6-7-10-15(14)22(3)18(24)16-11-8-12-27-16/h6-12H,4-5,13H2,1-3H3,(H,21,23)(H,25,26). The van der Waals surface area contributed by atoms with Gasteiger partial charge < -0.3 is 19.7 Å². The first-order chi connectivity index (χ1) is 12.9. The van der Waals surface area contributed by atoms with Crippen molar-refractivity contribution >= 4 is 23.5 Å². The van der Waals surface area contributed by atoms with E-state index in [-0.39, 0.29) is 23.8 Å². The molecule has 27 heavy (non-hydrogen) atoms. The van der Waals surface area contributed by atoms with Gasteiger partial charge in [0.25, 0.3) is 11.8 Å². The van der Waals surface area contributed by atoms with Crippen LogP contribution in [0.4, 0.5) is 5.69 Å². The van der Waals surface area contributed by atoms with E-state index >= 15 is 0 Å². The SMILES string of the molecule is CCC(CC)(CNC(=O)c1ccccc1N(C)C(=O)c1ccco1)C(=O)O. The zero-order chi connectivity index (χ0) is 20.0. The molecule has 0 saturated carbocycles. The van der Waals surface area contributed by atoms with E-state index < -0.39 is 17.3 Å². The number of hydrogen-bond acceptors (Lipinski definition) is 4. The Kier molecular flexibility index (Phi) is 6.39. The van der Waals surface area contributed by atoms with Gasteiger partial charge in [-0.15, -0.1) is 0 Å². The smallest absolute Gasteiger partial charge is 0.311 e. The van der Waals surface area contributed by atoms with Crippen LogP contribution >= 0.6 is 0 Å². The van der Waals surface area contributed by atoms with E-state index in [4.69, 9.17) is 4.42 Å². The van der Waals surface area contributed by atoms with Crippen molar-refractivity contribution in [2.45, 2.75) is 26.7 Å². The Bertz CT molecular complexity index is 810. The van der Waals surface area contributed by atoms with Crippen LogP contribution in [-0.2, 0) is 4.79 Å². The number of benzene rings is 1. The lowest BCUT2D eigenvalue weighted by Crippen LogP contribution is -2.42. The number of rotatable bonds is 8. The molecule has 1 heterocycles. The molecule has 2 amide bonds. The quantitative estimate of drug-likeness (QED) is 0.741. The summed E-state index contributed by atoms with van der Waals surface area (Å²) in [7, 11) is 1.55. The van der Waals surface area contributed by atoms with Gasteiger partial charge in [-0.25, -0.2) is 0 Å². The summed E-state index contributed by atoms with van der Waals surface area (Å²) in [5, 5.41) is 12.2. The molecule has 0 bridgehead atoms. The number of nitrogens with zero attached hydrogens (tertiary/aromatic N) is 1. The van der Waals surface area contributed by atoms with Crippen LogP contribution in [0.25, 0.3) is 0 Å². The number of furan rings is 1. The van der Waals surface area contributed by atoms with Gasteiger partial charge in [-0.2, -0.15) is 0 Å². The maximum atomic E-state index is 12.7. The van der Waals surface area contributed by atoms with Gasteiger partial charge in [-0.1, -0.05) is 26.0 Å². The molecule has 2 rings (SSSR count). The summed E-state index contributed by atoms with van der Waals surface area (Å²) in [5.41, 5.74) is -0.322. The zero-order valence-electron chi connectivity index (χ0n) is 15.7. The molecular formula is C20H24N2O5. The largest absolute Gasteiger partial charge is 0.481 e. The maximum Gasteiger partial charge on any atom is 0.311 e. The molecule has 1 aromatic carbocycles. The Balaban J connectivity index is 2.23. The van der Waals surface area contributed by atoms with Gasteiger partial charge >= 0.3 is 5.97 Å². The Hall–Kier alpha value is -3.09. The minimum atomic E-state index is -1.01. The minimum Gasteiger partial charge on any atom is -0.481 e. The number of aliphatic carboxylic acids is 1. The summed E-state index contributed by atoms with van der Waals surface area (Å²) in [6, 6.07) is 9.81. The van der Waals surface area contributed by atoms with Crippen LogP contribution < -0.4 is 10.2 Å². The molecule has 7 nitrogen and oxygen atoms in total. The number of carboxylic acids is 1. The molecule has 2 aromatic rings. The number of nitrogens with one attached hydrogen (secondary N) is 1. The fourth-order valence-corrected chi connectivity index (χ4v) is 2.86. The fraction of sp³-hybridized carbons (Fsp3) is 0.350. The summed E-state index contributed by atoms with van der Waals surface area (Å²) >= 11 is 0. The average Bonchev–Trinajstić information content (AvgIpc) is 3.22. The molecule has 7 heteroatoms. The van der Waals surface area contributed by atoms with Crippen molar-refractivity contribution in [1.29, 1.82) is 0 Å². The van der Waals surface area contributed by atoms with Crippen molar-refractivity contribution < 1.29 is 23.9 Å². The maximum absolute atomic E-state index is 12.7. The van der Waals surface area contributed by atoms with Crippen LogP contribution in [0.3, 0.4) is 0 Å². The third-order valence-electron chi connectivity index (χ3n) is 4.94. The van der Waals surface area contributed by atoms with Crippen molar-refractivity contribution in [3.8, 4) is 0 Å². The summed E-state index contributed by atoms with van der Waals surface area (Å²) in [5.74, 6) is -1.60. The predicted octanol–water partition coefficient (Wildman–Crippen LogP) is 3.18. The third-order valence-corrected chi connectivity index (χ3v) is 4.94. The summed E-state index contributed by atoms with van der Waals surface area (Å²) < 4.78 is 5.13. The molecule has 0 aliphatic carbocycles. The van der Waals surface area contributed by atoms with Crippen LogP contribution in [-0.4, -0.2) is 36.5 Å². The van der Waals surface area contributed by atoms with Crippen LogP contribution in [0.15, 0.2) is 47.1 Å². The fourth-order valence-electron chi connectivity index (χ4n) is 2.86. The lowest BCUT2D eigenvalue weighted by molar-refractivity contribution is -0.149. The van der Waals surface area contributed by atoms with Gasteiger partial charge in [0.1, 0.15) is 0 Å². The lowest BCUT2D eigenvalue weighted by atomic mass is 9.82. The second-order valence-electron chi connectivity index (χ2n) is 6.33. The lowest BCUT2D eigenvalue weighted by Gasteiger charge is -2.27. The van der Waals surface area contributed by atoms with E-state index in [1.165, 1.54) is 11.2 Å². The molecule has 0 unspecified atom stereocenters.